The number of para-hydroxylation sites is 4. The maximum absolute atomic E-state index is 9.63. The van der Waals surface area contributed by atoms with Crippen LogP contribution in [0.15, 0.2) is 140 Å². The van der Waals surface area contributed by atoms with Gasteiger partial charge in [0, 0.05) is 32.9 Å². The number of hydrogen-bond donors (Lipinski definition) is 0. The molecule has 0 saturated heterocycles. The lowest BCUT2D eigenvalue weighted by molar-refractivity contribution is 1.13. The Hall–Kier alpha value is -5.59. The van der Waals surface area contributed by atoms with Crippen molar-refractivity contribution < 1.29 is 0 Å². The number of nitriles is 1. The van der Waals surface area contributed by atoms with Gasteiger partial charge in [-0.1, -0.05) is 84.9 Å². The Balaban J connectivity index is 1.51. The Morgan fingerprint density at radius 3 is 1.25 bits per heavy atom. The molecule has 2 heterocycles. The summed E-state index contributed by atoms with van der Waals surface area (Å²) in [6, 6.07) is 51.3. The third-order valence-corrected chi connectivity index (χ3v) is 7.90. The van der Waals surface area contributed by atoms with Gasteiger partial charge in [-0.05, 0) is 65.7 Å². The van der Waals surface area contributed by atoms with Crippen LogP contribution in [0.2, 0.25) is 0 Å². The zero-order valence-corrected chi connectivity index (χ0v) is 21.6. The monoisotopic (exact) mass is 509 g/mol. The van der Waals surface area contributed by atoms with E-state index in [-0.39, 0.29) is 0 Å². The fourth-order valence-electron chi connectivity index (χ4n) is 6.19. The molecule has 0 fully saturated rings. The molecule has 0 unspecified atom stereocenters. The van der Waals surface area contributed by atoms with Crippen molar-refractivity contribution in [3.8, 4) is 28.6 Å². The number of aromatic nitrogens is 2. The fourth-order valence-corrected chi connectivity index (χ4v) is 6.19. The molecular formula is C37H23N3. The summed E-state index contributed by atoms with van der Waals surface area (Å²) in [6.45, 7) is 0. The maximum Gasteiger partial charge on any atom is 0.0991 e. The van der Waals surface area contributed by atoms with Gasteiger partial charge in [-0.2, -0.15) is 5.26 Å². The molecule has 186 valence electrons. The minimum Gasteiger partial charge on any atom is -0.309 e. The molecule has 0 saturated carbocycles. The summed E-state index contributed by atoms with van der Waals surface area (Å²) < 4.78 is 4.72. The van der Waals surface area contributed by atoms with Crippen molar-refractivity contribution in [2.75, 3.05) is 0 Å². The minimum atomic E-state index is 0.651. The molecule has 0 spiro atoms. The van der Waals surface area contributed by atoms with Crippen molar-refractivity contribution in [3.05, 3.63) is 145 Å². The molecule has 2 aromatic heterocycles. The standard InChI is InChI=1S/C37H23N3/c38-24-25-10-9-11-26(20-25)27-21-28(39-34-16-5-1-12-30(34)31-13-2-6-17-35(31)39)23-29(22-27)40-36-18-7-3-14-32(36)33-15-4-8-19-37(33)40/h1-23H. The van der Waals surface area contributed by atoms with Gasteiger partial charge in [0.25, 0.3) is 0 Å². The quantitative estimate of drug-likeness (QED) is 0.233. The second-order valence-corrected chi connectivity index (χ2v) is 10.2. The SMILES string of the molecule is N#Cc1cccc(-c2cc(-n3c4ccccc4c4ccccc43)cc(-n3c4ccccc4c4ccccc43)c2)c1. The van der Waals surface area contributed by atoms with E-state index >= 15 is 0 Å². The first kappa shape index (κ1) is 22.4. The second kappa shape index (κ2) is 8.73. The molecule has 6 aromatic carbocycles. The number of hydrogen-bond acceptors (Lipinski definition) is 1. The topological polar surface area (TPSA) is 33.6 Å². The van der Waals surface area contributed by atoms with Gasteiger partial charge in [0.15, 0.2) is 0 Å². The van der Waals surface area contributed by atoms with Crippen LogP contribution in [0.1, 0.15) is 5.56 Å². The average molecular weight is 510 g/mol. The Morgan fingerprint density at radius 1 is 0.400 bits per heavy atom. The zero-order chi connectivity index (χ0) is 26.6. The summed E-state index contributed by atoms with van der Waals surface area (Å²) in [5.74, 6) is 0. The van der Waals surface area contributed by atoms with Gasteiger partial charge in [0.1, 0.15) is 0 Å². The van der Waals surface area contributed by atoms with Gasteiger partial charge >= 0.3 is 0 Å². The molecule has 8 aromatic rings. The Labute approximate surface area is 231 Å². The van der Waals surface area contributed by atoms with Gasteiger partial charge in [-0.25, -0.2) is 0 Å². The van der Waals surface area contributed by atoms with E-state index in [1.54, 1.807) is 0 Å². The Morgan fingerprint density at radius 2 is 0.825 bits per heavy atom. The summed E-state index contributed by atoms with van der Waals surface area (Å²) in [5, 5.41) is 14.6. The fraction of sp³-hybridized carbons (Fsp3) is 0. The lowest BCUT2D eigenvalue weighted by Gasteiger charge is -2.16. The van der Waals surface area contributed by atoms with Crippen LogP contribution in [0.3, 0.4) is 0 Å². The van der Waals surface area contributed by atoms with Crippen LogP contribution in [-0.4, -0.2) is 9.13 Å². The molecule has 0 aliphatic heterocycles. The highest BCUT2D eigenvalue weighted by Gasteiger charge is 2.17. The molecular weight excluding hydrogens is 486 g/mol. The summed E-state index contributed by atoms with van der Waals surface area (Å²) in [5.41, 5.74) is 9.55. The molecule has 0 atom stereocenters. The van der Waals surface area contributed by atoms with Crippen LogP contribution in [0.4, 0.5) is 0 Å². The van der Waals surface area contributed by atoms with E-state index in [2.05, 4.69) is 137 Å². The van der Waals surface area contributed by atoms with Gasteiger partial charge in [-0.3, -0.25) is 0 Å². The molecule has 0 bridgehead atoms. The second-order valence-electron chi connectivity index (χ2n) is 10.2. The number of benzene rings is 6. The average Bonchev–Trinajstić information content (AvgIpc) is 3.54. The predicted octanol–water partition coefficient (Wildman–Crippen LogP) is 9.42. The summed E-state index contributed by atoms with van der Waals surface area (Å²) in [4.78, 5) is 0. The van der Waals surface area contributed by atoms with Crippen LogP contribution in [0, 0.1) is 11.3 Å². The van der Waals surface area contributed by atoms with Crippen molar-refractivity contribution >= 4 is 43.6 Å². The van der Waals surface area contributed by atoms with E-state index in [4.69, 9.17) is 0 Å². The Kier molecular flexibility index (Phi) is 4.89. The zero-order valence-electron chi connectivity index (χ0n) is 21.6. The highest BCUT2D eigenvalue weighted by molar-refractivity contribution is 6.10. The number of fused-ring (bicyclic) bond motifs is 6. The molecule has 0 aliphatic rings. The van der Waals surface area contributed by atoms with Gasteiger partial charge in [0.2, 0.25) is 0 Å². The van der Waals surface area contributed by atoms with Crippen molar-refractivity contribution in [1.82, 2.24) is 9.13 Å². The smallest absolute Gasteiger partial charge is 0.0991 e. The van der Waals surface area contributed by atoms with Crippen molar-refractivity contribution in [1.29, 1.82) is 5.26 Å². The lowest BCUT2D eigenvalue weighted by atomic mass is 10.0. The molecule has 0 N–H and O–H groups in total. The van der Waals surface area contributed by atoms with Gasteiger partial charge in [-0.15, -0.1) is 0 Å². The first-order valence-electron chi connectivity index (χ1n) is 13.4. The molecule has 3 heteroatoms. The summed E-state index contributed by atoms with van der Waals surface area (Å²) in [7, 11) is 0. The molecule has 0 amide bonds. The highest BCUT2D eigenvalue weighted by atomic mass is 15.0. The predicted molar refractivity (Wildman–Crippen MR) is 165 cm³/mol. The van der Waals surface area contributed by atoms with E-state index in [1.807, 2.05) is 18.2 Å². The molecule has 0 aliphatic carbocycles. The molecule has 40 heavy (non-hydrogen) atoms. The van der Waals surface area contributed by atoms with E-state index < -0.39 is 0 Å². The van der Waals surface area contributed by atoms with Crippen molar-refractivity contribution in [2.24, 2.45) is 0 Å². The van der Waals surface area contributed by atoms with E-state index in [0.29, 0.717) is 5.56 Å². The van der Waals surface area contributed by atoms with Crippen molar-refractivity contribution in [3.63, 3.8) is 0 Å². The minimum absolute atomic E-state index is 0.651. The normalized spacial score (nSPS) is 11.5. The third-order valence-electron chi connectivity index (χ3n) is 7.90. The molecule has 3 nitrogen and oxygen atoms in total. The first-order valence-corrected chi connectivity index (χ1v) is 13.4. The summed E-state index contributed by atoms with van der Waals surface area (Å²) in [6.07, 6.45) is 0. The van der Waals surface area contributed by atoms with Gasteiger partial charge < -0.3 is 9.13 Å². The maximum atomic E-state index is 9.63. The van der Waals surface area contributed by atoms with Crippen molar-refractivity contribution in [2.45, 2.75) is 0 Å². The molecule has 8 rings (SSSR count). The first-order chi connectivity index (χ1) is 19.8. The van der Waals surface area contributed by atoms with E-state index in [0.717, 1.165) is 22.5 Å². The van der Waals surface area contributed by atoms with Crippen LogP contribution in [0.5, 0.6) is 0 Å². The number of nitrogens with zero attached hydrogens (tertiary/aromatic N) is 3. The van der Waals surface area contributed by atoms with E-state index in [1.165, 1.54) is 43.6 Å². The molecule has 0 radical (unpaired) electrons. The van der Waals surface area contributed by atoms with Crippen LogP contribution < -0.4 is 0 Å². The largest absolute Gasteiger partial charge is 0.309 e. The lowest BCUT2D eigenvalue weighted by Crippen LogP contribution is -2.00. The Bertz CT molecular complexity index is 2050. The third kappa shape index (κ3) is 3.30. The van der Waals surface area contributed by atoms with E-state index in [9.17, 15) is 5.26 Å². The van der Waals surface area contributed by atoms with Crippen LogP contribution in [-0.2, 0) is 0 Å². The highest BCUT2D eigenvalue weighted by Crippen LogP contribution is 2.37. The van der Waals surface area contributed by atoms with Crippen LogP contribution >= 0.6 is 0 Å². The van der Waals surface area contributed by atoms with Gasteiger partial charge in [0.05, 0.1) is 33.7 Å². The summed E-state index contributed by atoms with van der Waals surface area (Å²) >= 11 is 0. The number of rotatable bonds is 3. The van der Waals surface area contributed by atoms with Crippen LogP contribution in [0.25, 0.3) is 66.1 Å².